The summed E-state index contributed by atoms with van der Waals surface area (Å²) in [5.74, 6) is 1.60. The molecule has 2 aromatic carbocycles. The van der Waals surface area contributed by atoms with E-state index in [0.29, 0.717) is 6.54 Å². The Morgan fingerprint density at radius 2 is 1.65 bits per heavy atom. The minimum Gasteiger partial charge on any atom is -0.497 e. The molecule has 0 amide bonds. The standard InChI is InChI=1S/C19H18N2O2/c1-13-17-9-8-16(23-3)12-18(17)21(11-10-20)19(13)14-4-6-15(22-2)7-5-14/h4-9,12H,11H2,1-3H3. The first-order valence-corrected chi connectivity index (χ1v) is 7.37. The number of hydrogen-bond acceptors (Lipinski definition) is 3. The highest BCUT2D eigenvalue weighted by Gasteiger charge is 2.16. The van der Waals surface area contributed by atoms with Crippen molar-refractivity contribution < 1.29 is 9.47 Å². The fourth-order valence-electron chi connectivity index (χ4n) is 2.99. The summed E-state index contributed by atoms with van der Waals surface area (Å²) in [5.41, 5.74) is 4.28. The lowest BCUT2D eigenvalue weighted by Crippen LogP contribution is -1.99. The van der Waals surface area contributed by atoms with Gasteiger partial charge in [-0.1, -0.05) is 0 Å². The first kappa shape index (κ1) is 15.0. The summed E-state index contributed by atoms with van der Waals surface area (Å²) in [4.78, 5) is 0. The van der Waals surface area contributed by atoms with Gasteiger partial charge in [0, 0.05) is 11.5 Å². The summed E-state index contributed by atoms with van der Waals surface area (Å²) < 4.78 is 12.6. The lowest BCUT2D eigenvalue weighted by Gasteiger charge is -2.09. The van der Waals surface area contributed by atoms with E-state index in [1.54, 1.807) is 14.2 Å². The Morgan fingerprint density at radius 1 is 1.00 bits per heavy atom. The van der Waals surface area contributed by atoms with E-state index in [4.69, 9.17) is 9.47 Å². The largest absolute Gasteiger partial charge is 0.497 e. The number of fused-ring (bicyclic) bond motifs is 1. The molecular weight excluding hydrogens is 288 g/mol. The molecule has 0 aliphatic carbocycles. The SMILES string of the molecule is COc1ccc(-c2c(C)c3ccc(OC)cc3n2CC#N)cc1. The number of benzene rings is 2. The normalized spacial score (nSPS) is 10.5. The second-order valence-electron chi connectivity index (χ2n) is 5.33. The number of ether oxygens (including phenoxy) is 2. The van der Waals surface area contributed by atoms with Gasteiger partial charge in [0.2, 0.25) is 0 Å². The molecule has 0 atom stereocenters. The molecule has 1 heterocycles. The highest BCUT2D eigenvalue weighted by molar-refractivity contribution is 5.92. The molecule has 0 aliphatic heterocycles. The molecule has 0 unspecified atom stereocenters. The molecule has 0 spiro atoms. The molecule has 23 heavy (non-hydrogen) atoms. The molecule has 0 N–H and O–H groups in total. The lowest BCUT2D eigenvalue weighted by atomic mass is 10.1. The zero-order valence-corrected chi connectivity index (χ0v) is 13.5. The van der Waals surface area contributed by atoms with Crippen molar-refractivity contribution in [3.05, 3.63) is 48.0 Å². The Hall–Kier alpha value is -2.93. The Kier molecular flexibility index (Phi) is 3.94. The van der Waals surface area contributed by atoms with Crippen LogP contribution in [0.5, 0.6) is 11.5 Å². The Bertz CT molecular complexity index is 886. The van der Waals surface area contributed by atoms with Crippen LogP contribution in [0.15, 0.2) is 42.5 Å². The molecule has 0 saturated carbocycles. The number of nitrogens with zero attached hydrogens (tertiary/aromatic N) is 2. The Balaban J connectivity index is 2.27. The highest BCUT2D eigenvalue weighted by atomic mass is 16.5. The molecular formula is C19H18N2O2. The molecule has 0 radical (unpaired) electrons. The number of methoxy groups -OCH3 is 2. The molecule has 1 aromatic heterocycles. The van der Waals surface area contributed by atoms with Crippen LogP contribution in [0.2, 0.25) is 0 Å². The van der Waals surface area contributed by atoms with Gasteiger partial charge in [-0.25, -0.2) is 0 Å². The second-order valence-corrected chi connectivity index (χ2v) is 5.33. The van der Waals surface area contributed by atoms with Gasteiger partial charge < -0.3 is 14.0 Å². The molecule has 0 aliphatic rings. The highest BCUT2D eigenvalue weighted by Crippen LogP contribution is 2.35. The quantitative estimate of drug-likeness (QED) is 0.727. The van der Waals surface area contributed by atoms with Gasteiger partial charge in [0.25, 0.3) is 0 Å². The summed E-state index contributed by atoms with van der Waals surface area (Å²) in [6, 6.07) is 16.1. The van der Waals surface area contributed by atoms with Gasteiger partial charge in [0.05, 0.1) is 31.5 Å². The molecule has 0 bridgehead atoms. The average molecular weight is 306 g/mol. The molecule has 4 heteroatoms. The first-order valence-electron chi connectivity index (χ1n) is 7.37. The summed E-state index contributed by atoms with van der Waals surface area (Å²) >= 11 is 0. The third kappa shape index (κ3) is 2.51. The predicted molar refractivity (Wildman–Crippen MR) is 90.8 cm³/mol. The van der Waals surface area contributed by atoms with E-state index in [2.05, 4.69) is 13.0 Å². The summed E-state index contributed by atoms with van der Waals surface area (Å²) in [6.07, 6.45) is 0. The van der Waals surface area contributed by atoms with Crippen LogP contribution in [0.4, 0.5) is 0 Å². The zero-order chi connectivity index (χ0) is 16.4. The fourth-order valence-corrected chi connectivity index (χ4v) is 2.99. The van der Waals surface area contributed by atoms with E-state index in [1.165, 1.54) is 0 Å². The van der Waals surface area contributed by atoms with E-state index in [1.807, 2.05) is 47.0 Å². The van der Waals surface area contributed by atoms with Gasteiger partial charge in [0.15, 0.2) is 0 Å². The van der Waals surface area contributed by atoms with Crippen LogP contribution in [0, 0.1) is 18.3 Å². The van der Waals surface area contributed by atoms with Crippen molar-refractivity contribution in [2.45, 2.75) is 13.5 Å². The predicted octanol–water partition coefficient (Wildman–Crippen LogP) is 4.16. The van der Waals surface area contributed by atoms with Crippen LogP contribution in [-0.4, -0.2) is 18.8 Å². The number of aryl methyl sites for hydroxylation is 1. The van der Waals surface area contributed by atoms with Crippen molar-refractivity contribution >= 4 is 10.9 Å². The van der Waals surface area contributed by atoms with Crippen LogP contribution in [0.3, 0.4) is 0 Å². The van der Waals surface area contributed by atoms with Crippen molar-refractivity contribution in [1.29, 1.82) is 5.26 Å². The minimum absolute atomic E-state index is 0.291. The maximum atomic E-state index is 9.25. The monoisotopic (exact) mass is 306 g/mol. The first-order chi connectivity index (χ1) is 11.2. The molecule has 116 valence electrons. The molecule has 0 saturated heterocycles. The van der Waals surface area contributed by atoms with E-state index in [9.17, 15) is 5.26 Å². The minimum atomic E-state index is 0.291. The number of hydrogen-bond donors (Lipinski definition) is 0. The van der Waals surface area contributed by atoms with Crippen LogP contribution in [0.1, 0.15) is 5.56 Å². The number of nitriles is 1. The van der Waals surface area contributed by atoms with Crippen molar-refractivity contribution in [1.82, 2.24) is 4.57 Å². The van der Waals surface area contributed by atoms with E-state index >= 15 is 0 Å². The summed E-state index contributed by atoms with van der Waals surface area (Å²) in [5, 5.41) is 10.4. The summed E-state index contributed by atoms with van der Waals surface area (Å²) in [7, 11) is 3.30. The Labute approximate surface area is 135 Å². The molecule has 3 rings (SSSR count). The maximum absolute atomic E-state index is 9.25. The van der Waals surface area contributed by atoms with Gasteiger partial charge in [0.1, 0.15) is 18.0 Å². The maximum Gasteiger partial charge on any atom is 0.120 e. The smallest absolute Gasteiger partial charge is 0.120 e. The molecule has 4 nitrogen and oxygen atoms in total. The van der Waals surface area contributed by atoms with Gasteiger partial charge >= 0.3 is 0 Å². The number of aromatic nitrogens is 1. The van der Waals surface area contributed by atoms with Crippen molar-refractivity contribution in [3.63, 3.8) is 0 Å². The fraction of sp³-hybridized carbons (Fsp3) is 0.211. The van der Waals surface area contributed by atoms with E-state index in [0.717, 1.165) is 39.2 Å². The lowest BCUT2D eigenvalue weighted by molar-refractivity contribution is 0.415. The topological polar surface area (TPSA) is 47.2 Å². The summed E-state index contributed by atoms with van der Waals surface area (Å²) in [6.45, 7) is 2.38. The number of rotatable bonds is 4. The van der Waals surface area contributed by atoms with Crippen LogP contribution < -0.4 is 9.47 Å². The van der Waals surface area contributed by atoms with E-state index in [-0.39, 0.29) is 0 Å². The molecule has 0 fully saturated rings. The van der Waals surface area contributed by atoms with Crippen LogP contribution >= 0.6 is 0 Å². The zero-order valence-electron chi connectivity index (χ0n) is 13.5. The van der Waals surface area contributed by atoms with Gasteiger partial charge in [-0.2, -0.15) is 5.26 Å². The average Bonchev–Trinajstić information content (AvgIpc) is 2.87. The van der Waals surface area contributed by atoms with Gasteiger partial charge in [-0.05, 0) is 54.4 Å². The van der Waals surface area contributed by atoms with E-state index < -0.39 is 0 Å². The molecule has 3 aromatic rings. The van der Waals surface area contributed by atoms with Gasteiger partial charge in [-0.15, -0.1) is 0 Å². The van der Waals surface area contributed by atoms with Gasteiger partial charge in [-0.3, -0.25) is 0 Å². The van der Waals surface area contributed by atoms with Crippen molar-refractivity contribution in [2.75, 3.05) is 14.2 Å². The van der Waals surface area contributed by atoms with Crippen LogP contribution in [0.25, 0.3) is 22.2 Å². The van der Waals surface area contributed by atoms with Crippen molar-refractivity contribution in [2.24, 2.45) is 0 Å². The van der Waals surface area contributed by atoms with Crippen molar-refractivity contribution in [3.8, 4) is 28.8 Å². The second kappa shape index (κ2) is 6.05. The Morgan fingerprint density at radius 3 is 2.26 bits per heavy atom. The third-order valence-corrected chi connectivity index (χ3v) is 4.12. The third-order valence-electron chi connectivity index (χ3n) is 4.12. The van der Waals surface area contributed by atoms with Crippen LogP contribution in [-0.2, 0) is 6.54 Å².